The molecule has 1 fully saturated rings. The van der Waals surface area contributed by atoms with Crippen molar-refractivity contribution in [3.05, 3.63) is 41.3 Å². The molecule has 24 heavy (non-hydrogen) atoms. The molecule has 0 radical (unpaired) electrons. The summed E-state index contributed by atoms with van der Waals surface area (Å²) >= 11 is 1.38. The largest absolute Gasteiger partial charge is 0.435 e. The molecule has 1 aromatic carbocycles. The lowest BCUT2D eigenvalue weighted by atomic mass is 10.1. The highest BCUT2D eigenvalue weighted by Gasteiger charge is 2.17. The van der Waals surface area contributed by atoms with E-state index >= 15 is 0 Å². The second-order valence-corrected chi connectivity index (χ2v) is 6.67. The molecule has 7 heteroatoms. The molecule has 2 aromatic rings. The Kier molecular flexibility index (Phi) is 5.42. The first-order valence-electron chi connectivity index (χ1n) is 7.78. The maximum atomic E-state index is 12.3. The third kappa shape index (κ3) is 4.30. The molecule has 1 amide bonds. The number of thiophene rings is 1. The Balaban J connectivity index is 1.65. The number of alkyl halides is 2. The Morgan fingerprint density at radius 2 is 2.04 bits per heavy atom. The van der Waals surface area contributed by atoms with E-state index in [1.165, 1.54) is 23.5 Å². The van der Waals surface area contributed by atoms with Gasteiger partial charge in [-0.2, -0.15) is 8.78 Å². The minimum absolute atomic E-state index is 0.0717. The van der Waals surface area contributed by atoms with Gasteiger partial charge in [-0.1, -0.05) is 0 Å². The second-order valence-electron chi connectivity index (χ2n) is 5.58. The van der Waals surface area contributed by atoms with Gasteiger partial charge < -0.3 is 15.4 Å². The van der Waals surface area contributed by atoms with Crippen LogP contribution in [0.1, 0.15) is 22.5 Å². The molecule has 1 aliphatic heterocycles. The summed E-state index contributed by atoms with van der Waals surface area (Å²) in [6.07, 6.45) is 2.05. The van der Waals surface area contributed by atoms with Crippen molar-refractivity contribution in [3.63, 3.8) is 0 Å². The Bertz CT molecular complexity index is 682. The molecule has 1 aromatic heterocycles. The Labute approximate surface area is 142 Å². The van der Waals surface area contributed by atoms with E-state index in [9.17, 15) is 13.6 Å². The van der Waals surface area contributed by atoms with Gasteiger partial charge in [0, 0.05) is 17.5 Å². The molecule has 4 nitrogen and oxygen atoms in total. The van der Waals surface area contributed by atoms with Gasteiger partial charge in [-0.25, -0.2) is 0 Å². The molecular formula is C17H18F2N2O2S. The summed E-state index contributed by atoms with van der Waals surface area (Å²) in [5.41, 5.74) is 0.861. The number of nitrogens with one attached hydrogen (secondary N) is 2. The van der Waals surface area contributed by atoms with Crippen LogP contribution in [0.5, 0.6) is 5.75 Å². The van der Waals surface area contributed by atoms with Gasteiger partial charge in [0.05, 0.1) is 4.88 Å². The summed E-state index contributed by atoms with van der Waals surface area (Å²) in [5.74, 6) is 0.0469. The van der Waals surface area contributed by atoms with Gasteiger partial charge in [-0.05, 0) is 61.3 Å². The topological polar surface area (TPSA) is 50.4 Å². The van der Waals surface area contributed by atoms with Gasteiger partial charge in [0.25, 0.3) is 5.91 Å². The van der Waals surface area contributed by atoms with Gasteiger partial charge in [0.2, 0.25) is 0 Å². The fourth-order valence-corrected chi connectivity index (χ4v) is 3.56. The summed E-state index contributed by atoms with van der Waals surface area (Å²) in [5, 5.41) is 6.30. The van der Waals surface area contributed by atoms with E-state index in [1.807, 2.05) is 6.07 Å². The van der Waals surface area contributed by atoms with Crippen molar-refractivity contribution in [2.45, 2.75) is 25.5 Å². The number of amides is 1. The maximum absolute atomic E-state index is 12.3. The SMILES string of the molecule is O=C(NC1CCCNC1)c1ccc(-c2ccc(OC(F)F)cc2)s1. The molecule has 1 saturated heterocycles. The number of piperidine rings is 1. The van der Waals surface area contributed by atoms with Crippen LogP contribution in [0.15, 0.2) is 36.4 Å². The summed E-state index contributed by atoms with van der Waals surface area (Å²) in [4.78, 5) is 13.9. The smallest absolute Gasteiger partial charge is 0.387 e. The monoisotopic (exact) mass is 352 g/mol. The maximum Gasteiger partial charge on any atom is 0.387 e. The molecule has 2 N–H and O–H groups in total. The number of carbonyl (C=O) groups excluding carboxylic acids is 1. The van der Waals surface area contributed by atoms with Crippen molar-refractivity contribution in [2.75, 3.05) is 13.1 Å². The summed E-state index contributed by atoms with van der Waals surface area (Å²) < 4.78 is 28.7. The van der Waals surface area contributed by atoms with Crippen LogP contribution in [-0.4, -0.2) is 31.7 Å². The first-order chi connectivity index (χ1) is 11.6. The van der Waals surface area contributed by atoms with Gasteiger partial charge in [0.1, 0.15) is 5.75 Å². The van der Waals surface area contributed by atoms with Crippen LogP contribution in [-0.2, 0) is 0 Å². The van der Waals surface area contributed by atoms with Crippen LogP contribution >= 0.6 is 11.3 Å². The highest BCUT2D eigenvalue weighted by atomic mass is 32.1. The Morgan fingerprint density at radius 3 is 2.71 bits per heavy atom. The number of halogens is 2. The minimum atomic E-state index is -2.83. The quantitative estimate of drug-likeness (QED) is 0.866. The van der Waals surface area contributed by atoms with Crippen molar-refractivity contribution in [1.29, 1.82) is 0 Å². The summed E-state index contributed by atoms with van der Waals surface area (Å²) in [6.45, 7) is -1.03. The van der Waals surface area contributed by atoms with Crippen LogP contribution in [0.25, 0.3) is 10.4 Å². The normalized spacial score (nSPS) is 17.7. The fourth-order valence-electron chi connectivity index (χ4n) is 2.65. The molecule has 0 saturated carbocycles. The predicted molar refractivity (Wildman–Crippen MR) is 89.7 cm³/mol. The highest BCUT2D eigenvalue weighted by Crippen LogP contribution is 2.30. The standard InChI is InChI=1S/C17H18F2N2O2S/c18-17(19)23-13-5-3-11(4-6-13)14-7-8-15(24-14)16(22)21-12-2-1-9-20-10-12/h3-8,12,17,20H,1-2,9-10H2,(H,21,22). The zero-order valence-corrected chi connectivity index (χ0v) is 13.7. The summed E-state index contributed by atoms with van der Waals surface area (Å²) in [7, 11) is 0. The Hall–Kier alpha value is -1.99. The molecule has 2 heterocycles. The van der Waals surface area contributed by atoms with E-state index in [2.05, 4.69) is 15.4 Å². The predicted octanol–water partition coefficient (Wildman–Crippen LogP) is 3.50. The highest BCUT2D eigenvalue weighted by molar-refractivity contribution is 7.17. The van der Waals surface area contributed by atoms with Crippen molar-refractivity contribution in [1.82, 2.24) is 10.6 Å². The first kappa shape index (κ1) is 16.9. The summed E-state index contributed by atoms with van der Waals surface area (Å²) in [6, 6.07) is 10.2. The van der Waals surface area contributed by atoms with Gasteiger partial charge in [-0.3, -0.25) is 4.79 Å². The number of ether oxygens (including phenoxy) is 1. The van der Waals surface area contributed by atoms with Crippen molar-refractivity contribution >= 4 is 17.2 Å². The van der Waals surface area contributed by atoms with Crippen molar-refractivity contribution in [3.8, 4) is 16.2 Å². The molecule has 1 atom stereocenters. The zero-order chi connectivity index (χ0) is 16.9. The van der Waals surface area contributed by atoms with Crippen LogP contribution in [0, 0.1) is 0 Å². The number of hydrogen-bond acceptors (Lipinski definition) is 4. The number of benzene rings is 1. The lowest BCUT2D eigenvalue weighted by Crippen LogP contribution is -2.45. The molecule has 1 unspecified atom stereocenters. The van der Waals surface area contributed by atoms with E-state index in [1.54, 1.807) is 18.2 Å². The minimum Gasteiger partial charge on any atom is -0.435 e. The third-order valence-corrected chi connectivity index (χ3v) is 4.96. The van der Waals surface area contributed by atoms with Gasteiger partial charge in [0.15, 0.2) is 0 Å². The average molecular weight is 352 g/mol. The van der Waals surface area contributed by atoms with Gasteiger partial charge >= 0.3 is 6.61 Å². The van der Waals surface area contributed by atoms with Crippen molar-refractivity contribution < 1.29 is 18.3 Å². The number of carbonyl (C=O) groups is 1. The van der Waals surface area contributed by atoms with E-state index in [0.29, 0.717) is 4.88 Å². The van der Waals surface area contributed by atoms with E-state index in [4.69, 9.17) is 0 Å². The van der Waals surface area contributed by atoms with E-state index in [-0.39, 0.29) is 17.7 Å². The molecule has 1 aliphatic rings. The van der Waals surface area contributed by atoms with Crippen LogP contribution < -0.4 is 15.4 Å². The number of hydrogen-bond donors (Lipinski definition) is 2. The fraction of sp³-hybridized carbons (Fsp3) is 0.353. The lowest BCUT2D eigenvalue weighted by Gasteiger charge is -2.23. The van der Waals surface area contributed by atoms with Crippen molar-refractivity contribution in [2.24, 2.45) is 0 Å². The van der Waals surface area contributed by atoms with Crippen LogP contribution in [0.3, 0.4) is 0 Å². The van der Waals surface area contributed by atoms with E-state index in [0.717, 1.165) is 36.4 Å². The third-order valence-electron chi connectivity index (χ3n) is 3.83. The van der Waals surface area contributed by atoms with E-state index < -0.39 is 6.61 Å². The first-order valence-corrected chi connectivity index (χ1v) is 8.60. The zero-order valence-electron chi connectivity index (χ0n) is 12.9. The van der Waals surface area contributed by atoms with Crippen LogP contribution in [0.4, 0.5) is 8.78 Å². The number of rotatable bonds is 5. The molecule has 3 rings (SSSR count). The Morgan fingerprint density at radius 1 is 1.25 bits per heavy atom. The van der Waals surface area contributed by atoms with Crippen LogP contribution in [0.2, 0.25) is 0 Å². The molecule has 0 bridgehead atoms. The molecule has 0 spiro atoms. The molecular weight excluding hydrogens is 334 g/mol. The molecule has 128 valence electrons. The van der Waals surface area contributed by atoms with Gasteiger partial charge in [-0.15, -0.1) is 11.3 Å². The molecule has 0 aliphatic carbocycles. The lowest BCUT2D eigenvalue weighted by molar-refractivity contribution is -0.0498. The average Bonchev–Trinajstić information content (AvgIpc) is 3.06. The second kappa shape index (κ2) is 7.72.